The molecule has 1 fully saturated rings. The van der Waals surface area contributed by atoms with E-state index in [0.29, 0.717) is 18.9 Å². The fraction of sp³-hybridized carbons (Fsp3) is 0.533. The maximum absolute atomic E-state index is 12.3. The molecular formula is C15H22N2O2. The molecule has 0 radical (unpaired) electrons. The maximum Gasteiger partial charge on any atom is 0.223 e. The van der Waals surface area contributed by atoms with Crippen LogP contribution < -0.4 is 5.32 Å². The SMILES string of the molecule is CCN(C(=O)CC1CNC1)C(C)c1cccc(O)c1. The second kappa shape index (κ2) is 6.06. The molecule has 0 aromatic heterocycles. The van der Waals surface area contributed by atoms with Gasteiger partial charge in [-0.3, -0.25) is 4.79 Å². The molecule has 0 saturated carbocycles. The Morgan fingerprint density at radius 2 is 2.26 bits per heavy atom. The van der Waals surface area contributed by atoms with E-state index in [1.807, 2.05) is 30.9 Å². The smallest absolute Gasteiger partial charge is 0.223 e. The molecule has 1 aliphatic rings. The van der Waals surface area contributed by atoms with Crippen LogP contribution in [0.3, 0.4) is 0 Å². The monoisotopic (exact) mass is 262 g/mol. The van der Waals surface area contributed by atoms with E-state index in [9.17, 15) is 9.90 Å². The third-order valence-corrected chi connectivity index (χ3v) is 3.81. The molecule has 2 rings (SSSR count). The number of aromatic hydroxyl groups is 1. The largest absolute Gasteiger partial charge is 0.508 e. The number of phenols is 1. The van der Waals surface area contributed by atoms with Crippen LogP contribution >= 0.6 is 0 Å². The van der Waals surface area contributed by atoms with Gasteiger partial charge in [0, 0.05) is 13.0 Å². The Kier molecular flexibility index (Phi) is 4.43. The van der Waals surface area contributed by atoms with Gasteiger partial charge in [0.1, 0.15) is 5.75 Å². The van der Waals surface area contributed by atoms with Crippen molar-refractivity contribution >= 4 is 5.91 Å². The van der Waals surface area contributed by atoms with Crippen molar-refractivity contribution in [1.29, 1.82) is 0 Å². The zero-order chi connectivity index (χ0) is 13.8. The van der Waals surface area contributed by atoms with E-state index in [1.165, 1.54) is 0 Å². The molecule has 1 heterocycles. The first kappa shape index (κ1) is 13.9. The molecule has 0 aliphatic carbocycles. The highest BCUT2D eigenvalue weighted by Crippen LogP contribution is 2.24. The predicted octanol–water partition coefficient (Wildman–Crippen LogP) is 1.91. The molecule has 1 unspecified atom stereocenters. The fourth-order valence-corrected chi connectivity index (χ4v) is 2.49. The highest BCUT2D eigenvalue weighted by atomic mass is 16.3. The minimum Gasteiger partial charge on any atom is -0.508 e. The summed E-state index contributed by atoms with van der Waals surface area (Å²) in [6, 6.07) is 7.14. The van der Waals surface area contributed by atoms with Crippen molar-refractivity contribution in [3.63, 3.8) is 0 Å². The minimum atomic E-state index is -0.00219. The minimum absolute atomic E-state index is 0.00219. The first-order valence-corrected chi connectivity index (χ1v) is 6.91. The van der Waals surface area contributed by atoms with E-state index in [-0.39, 0.29) is 17.7 Å². The Balaban J connectivity index is 2.05. The van der Waals surface area contributed by atoms with E-state index in [4.69, 9.17) is 0 Å². The molecule has 19 heavy (non-hydrogen) atoms. The number of amides is 1. The number of nitrogens with one attached hydrogen (secondary N) is 1. The number of hydrogen-bond donors (Lipinski definition) is 2. The topological polar surface area (TPSA) is 52.6 Å². The molecule has 1 aromatic rings. The van der Waals surface area contributed by atoms with E-state index in [0.717, 1.165) is 18.7 Å². The van der Waals surface area contributed by atoms with Crippen LogP contribution in [0.5, 0.6) is 5.75 Å². The molecule has 0 spiro atoms. The molecule has 2 N–H and O–H groups in total. The quantitative estimate of drug-likeness (QED) is 0.852. The number of hydrogen-bond acceptors (Lipinski definition) is 3. The average molecular weight is 262 g/mol. The van der Waals surface area contributed by atoms with Gasteiger partial charge in [-0.15, -0.1) is 0 Å². The zero-order valence-corrected chi connectivity index (χ0v) is 11.6. The van der Waals surface area contributed by atoms with Crippen LogP contribution in [0.25, 0.3) is 0 Å². The summed E-state index contributed by atoms with van der Waals surface area (Å²) >= 11 is 0. The maximum atomic E-state index is 12.3. The number of nitrogens with zero attached hydrogens (tertiary/aromatic N) is 1. The van der Waals surface area contributed by atoms with Crippen LogP contribution in [0, 0.1) is 5.92 Å². The van der Waals surface area contributed by atoms with Crippen LogP contribution in [0.15, 0.2) is 24.3 Å². The Bertz CT molecular complexity index is 444. The Labute approximate surface area is 114 Å². The van der Waals surface area contributed by atoms with E-state index >= 15 is 0 Å². The summed E-state index contributed by atoms with van der Waals surface area (Å²) in [5.41, 5.74) is 0.974. The van der Waals surface area contributed by atoms with Crippen molar-refractivity contribution in [1.82, 2.24) is 10.2 Å². The van der Waals surface area contributed by atoms with E-state index in [2.05, 4.69) is 5.32 Å². The normalized spacial score (nSPS) is 16.7. The summed E-state index contributed by atoms with van der Waals surface area (Å²) < 4.78 is 0. The van der Waals surface area contributed by atoms with Gasteiger partial charge in [0.2, 0.25) is 5.91 Å². The van der Waals surface area contributed by atoms with Gasteiger partial charge in [0.25, 0.3) is 0 Å². The first-order chi connectivity index (χ1) is 9.11. The van der Waals surface area contributed by atoms with Crippen LogP contribution in [-0.4, -0.2) is 35.5 Å². The fourth-order valence-electron chi connectivity index (χ4n) is 2.49. The lowest BCUT2D eigenvalue weighted by atomic mass is 9.97. The highest BCUT2D eigenvalue weighted by Gasteiger charge is 2.25. The van der Waals surface area contributed by atoms with E-state index < -0.39 is 0 Å². The number of benzene rings is 1. The number of phenolic OH excluding ortho intramolecular Hbond substituents is 1. The van der Waals surface area contributed by atoms with Crippen LogP contribution in [0.4, 0.5) is 0 Å². The molecule has 1 amide bonds. The van der Waals surface area contributed by atoms with Gasteiger partial charge < -0.3 is 15.3 Å². The lowest BCUT2D eigenvalue weighted by molar-refractivity contribution is -0.134. The number of rotatable bonds is 5. The Morgan fingerprint density at radius 3 is 2.79 bits per heavy atom. The third-order valence-electron chi connectivity index (χ3n) is 3.81. The summed E-state index contributed by atoms with van der Waals surface area (Å²) in [5.74, 6) is 0.929. The molecule has 4 nitrogen and oxygen atoms in total. The Hall–Kier alpha value is -1.55. The van der Waals surface area contributed by atoms with Gasteiger partial charge in [-0.1, -0.05) is 12.1 Å². The second-order valence-electron chi connectivity index (χ2n) is 5.18. The third kappa shape index (κ3) is 3.26. The van der Waals surface area contributed by atoms with Crippen molar-refractivity contribution in [2.24, 2.45) is 5.92 Å². The van der Waals surface area contributed by atoms with Crippen molar-refractivity contribution in [2.45, 2.75) is 26.3 Å². The summed E-state index contributed by atoms with van der Waals surface area (Å²) in [5, 5.41) is 12.7. The predicted molar refractivity (Wildman–Crippen MR) is 74.9 cm³/mol. The van der Waals surface area contributed by atoms with Gasteiger partial charge in [0.05, 0.1) is 6.04 Å². The van der Waals surface area contributed by atoms with Gasteiger partial charge in [-0.25, -0.2) is 0 Å². The van der Waals surface area contributed by atoms with E-state index in [1.54, 1.807) is 12.1 Å². The zero-order valence-electron chi connectivity index (χ0n) is 11.6. The number of carbonyl (C=O) groups is 1. The molecule has 1 saturated heterocycles. The molecule has 1 aliphatic heterocycles. The van der Waals surface area contributed by atoms with Crippen molar-refractivity contribution < 1.29 is 9.90 Å². The van der Waals surface area contributed by atoms with Crippen LogP contribution in [-0.2, 0) is 4.79 Å². The lowest BCUT2D eigenvalue weighted by Gasteiger charge is -2.33. The molecular weight excluding hydrogens is 240 g/mol. The van der Waals surface area contributed by atoms with Crippen molar-refractivity contribution in [2.75, 3.05) is 19.6 Å². The summed E-state index contributed by atoms with van der Waals surface area (Å²) in [4.78, 5) is 14.2. The molecule has 104 valence electrons. The molecule has 0 bridgehead atoms. The van der Waals surface area contributed by atoms with Crippen LogP contribution in [0.2, 0.25) is 0 Å². The van der Waals surface area contributed by atoms with Gasteiger partial charge in [0.15, 0.2) is 0 Å². The van der Waals surface area contributed by atoms with Gasteiger partial charge in [-0.2, -0.15) is 0 Å². The molecule has 1 aromatic carbocycles. The molecule has 4 heteroatoms. The summed E-state index contributed by atoms with van der Waals surface area (Å²) in [6.45, 7) is 6.59. The lowest BCUT2D eigenvalue weighted by Crippen LogP contribution is -2.45. The van der Waals surface area contributed by atoms with Crippen molar-refractivity contribution in [3.8, 4) is 5.75 Å². The van der Waals surface area contributed by atoms with Crippen LogP contribution in [0.1, 0.15) is 31.9 Å². The second-order valence-corrected chi connectivity index (χ2v) is 5.18. The standard InChI is InChI=1S/C15H22N2O2/c1-3-17(15(19)7-12-9-16-10-12)11(2)13-5-4-6-14(18)8-13/h4-6,8,11-12,16,18H,3,7,9-10H2,1-2H3. The first-order valence-electron chi connectivity index (χ1n) is 6.91. The highest BCUT2D eigenvalue weighted by molar-refractivity contribution is 5.77. The molecule has 1 atom stereocenters. The summed E-state index contributed by atoms with van der Waals surface area (Å²) in [6.07, 6.45) is 0.615. The Morgan fingerprint density at radius 1 is 1.53 bits per heavy atom. The van der Waals surface area contributed by atoms with Crippen molar-refractivity contribution in [3.05, 3.63) is 29.8 Å². The average Bonchev–Trinajstić information content (AvgIpc) is 2.34. The number of carbonyl (C=O) groups excluding carboxylic acids is 1. The summed E-state index contributed by atoms with van der Waals surface area (Å²) in [7, 11) is 0. The van der Waals surface area contributed by atoms with Gasteiger partial charge >= 0.3 is 0 Å². The van der Waals surface area contributed by atoms with Gasteiger partial charge in [-0.05, 0) is 50.6 Å².